The number of hydrogen-bond donors (Lipinski definition) is 2. The van der Waals surface area contributed by atoms with Gasteiger partial charge in [0.2, 0.25) is 10.0 Å². The normalized spacial score (nSPS) is 19.3. The minimum atomic E-state index is -3.70. The van der Waals surface area contributed by atoms with Crippen molar-refractivity contribution in [2.24, 2.45) is 0 Å². The number of nitrogens with one attached hydrogen (secondary N) is 2. The highest BCUT2D eigenvalue weighted by atomic mass is 79.9. The maximum atomic E-state index is 13.4. The van der Waals surface area contributed by atoms with Gasteiger partial charge in [0.05, 0.1) is 9.37 Å². The van der Waals surface area contributed by atoms with Crippen molar-refractivity contribution in [2.45, 2.75) is 30.2 Å². The van der Waals surface area contributed by atoms with E-state index >= 15 is 0 Å². The Morgan fingerprint density at radius 2 is 2.00 bits per heavy atom. The Hall–Kier alpha value is -0.500. The summed E-state index contributed by atoms with van der Waals surface area (Å²) < 4.78 is 40.9. The SMILES string of the molecule is CC1(NS(=O)(=O)c2ccc(Br)c(F)c2)CCNCC1. The lowest BCUT2D eigenvalue weighted by molar-refractivity contribution is 0.308. The molecule has 1 aromatic carbocycles. The molecule has 2 rings (SSSR count). The van der Waals surface area contributed by atoms with E-state index in [1.165, 1.54) is 12.1 Å². The zero-order valence-electron chi connectivity index (χ0n) is 10.5. The third-order valence-corrected chi connectivity index (χ3v) is 5.57. The third-order valence-electron chi connectivity index (χ3n) is 3.29. The van der Waals surface area contributed by atoms with Crippen LogP contribution in [-0.4, -0.2) is 27.0 Å². The molecule has 0 spiro atoms. The second-order valence-electron chi connectivity index (χ2n) is 4.99. The van der Waals surface area contributed by atoms with Crippen molar-refractivity contribution in [3.05, 3.63) is 28.5 Å². The van der Waals surface area contributed by atoms with E-state index in [0.717, 1.165) is 19.2 Å². The molecule has 0 radical (unpaired) electrons. The van der Waals surface area contributed by atoms with Crippen LogP contribution in [-0.2, 0) is 10.0 Å². The fourth-order valence-electron chi connectivity index (χ4n) is 2.11. The van der Waals surface area contributed by atoms with Gasteiger partial charge < -0.3 is 5.32 Å². The molecule has 0 unspecified atom stereocenters. The highest BCUT2D eigenvalue weighted by Gasteiger charge is 2.32. The summed E-state index contributed by atoms with van der Waals surface area (Å²) in [5, 5.41) is 3.18. The third kappa shape index (κ3) is 3.53. The molecular formula is C12H16BrFN2O2S. The van der Waals surface area contributed by atoms with E-state index in [-0.39, 0.29) is 9.37 Å². The first kappa shape index (κ1) is 14.9. The van der Waals surface area contributed by atoms with E-state index in [2.05, 4.69) is 26.0 Å². The summed E-state index contributed by atoms with van der Waals surface area (Å²) >= 11 is 3.01. The summed E-state index contributed by atoms with van der Waals surface area (Å²) in [7, 11) is -3.70. The average molecular weight is 351 g/mol. The number of benzene rings is 1. The quantitative estimate of drug-likeness (QED) is 0.876. The second-order valence-corrected chi connectivity index (χ2v) is 7.53. The van der Waals surface area contributed by atoms with Gasteiger partial charge in [-0.05, 0) is 67.0 Å². The van der Waals surface area contributed by atoms with E-state index in [4.69, 9.17) is 0 Å². The van der Waals surface area contributed by atoms with Crippen LogP contribution < -0.4 is 10.0 Å². The van der Waals surface area contributed by atoms with Crippen LogP contribution in [0, 0.1) is 5.82 Å². The van der Waals surface area contributed by atoms with E-state index < -0.39 is 21.4 Å². The van der Waals surface area contributed by atoms with Crippen molar-refractivity contribution < 1.29 is 12.8 Å². The van der Waals surface area contributed by atoms with Gasteiger partial charge in [-0.1, -0.05) is 0 Å². The first-order chi connectivity index (χ1) is 8.82. The molecule has 1 aromatic rings. The van der Waals surface area contributed by atoms with Crippen molar-refractivity contribution in [2.75, 3.05) is 13.1 Å². The Labute approximate surface area is 121 Å². The summed E-state index contributed by atoms with van der Waals surface area (Å²) in [6, 6.07) is 3.81. The van der Waals surface area contributed by atoms with Crippen molar-refractivity contribution in [1.29, 1.82) is 0 Å². The standard InChI is InChI=1S/C12H16BrFN2O2S/c1-12(4-6-15-7-5-12)16-19(17,18)9-2-3-10(13)11(14)8-9/h2-3,8,15-16H,4-7H2,1H3. The van der Waals surface area contributed by atoms with Gasteiger partial charge in [-0.15, -0.1) is 0 Å². The van der Waals surface area contributed by atoms with Gasteiger partial charge in [0, 0.05) is 5.54 Å². The molecule has 1 aliphatic rings. The number of hydrogen-bond acceptors (Lipinski definition) is 3. The molecule has 0 bridgehead atoms. The molecule has 0 amide bonds. The fraction of sp³-hybridized carbons (Fsp3) is 0.500. The summed E-state index contributed by atoms with van der Waals surface area (Å²) in [5.41, 5.74) is -0.479. The topological polar surface area (TPSA) is 58.2 Å². The first-order valence-corrected chi connectivity index (χ1v) is 8.30. The van der Waals surface area contributed by atoms with Crippen LogP contribution in [0.3, 0.4) is 0 Å². The summed E-state index contributed by atoms with van der Waals surface area (Å²) in [6.45, 7) is 3.42. The molecule has 1 saturated heterocycles. The van der Waals surface area contributed by atoms with Gasteiger partial charge in [0.25, 0.3) is 0 Å². The molecule has 1 fully saturated rings. The molecule has 0 saturated carbocycles. The van der Waals surface area contributed by atoms with Crippen molar-refractivity contribution >= 4 is 26.0 Å². The van der Waals surface area contributed by atoms with Crippen LogP contribution in [0.1, 0.15) is 19.8 Å². The van der Waals surface area contributed by atoms with Crippen molar-refractivity contribution in [3.63, 3.8) is 0 Å². The van der Waals surface area contributed by atoms with Crippen LogP contribution in [0.25, 0.3) is 0 Å². The minimum absolute atomic E-state index is 0.0482. The predicted octanol–water partition coefficient (Wildman–Crippen LogP) is 2.01. The average Bonchev–Trinajstić information content (AvgIpc) is 2.32. The molecule has 2 N–H and O–H groups in total. The van der Waals surface area contributed by atoms with Gasteiger partial charge in [0.1, 0.15) is 5.82 Å². The summed E-state index contributed by atoms with van der Waals surface area (Å²) in [4.78, 5) is -0.0482. The Balaban J connectivity index is 2.24. The van der Waals surface area contributed by atoms with Gasteiger partial charge in [-0.3, -0.25) is 0 Å². The molecule has 0 aromatic heterocycles. The highest BCUT2D eigenvalue weighted by molar-refractivity contribution is 9.10. The van der Waals surface area contributed by atoms with Crippen LogP contribution in [0.15, 0.2) is 27.6 Å². The Morgan fingerprint density at radius 1 is 1.37 bits per heavy atom. The molecule has 106 valence electrons. The Kier molecular flexibility index (Phi) is 4.29. The Bertz CT molecular complexity index is 571. The highest BCUT2D eigenvalue weighted by Crippen LogP contribution is 2.23. The molecule has 1 heterocycles. The lowest BCUT2D eigenvalue weighted by Crippen LogP contribution is -2.52. The lowest BCUT2D eigenvalue weighted by atomic mass is 9.92. The zero-order valence-corrected chi connectivity index (χ0v) is 12.9. The number of sulfonamides is 1. The fourth-order valence-corrected chi connectivity index (χ4v) is 3.83. The molecule has 1 aliphatic heterocycles. The van der Waals surface area contributed by atoms with Gasteiger partial charge >= 0.3 is 0 Å². The molecule has 0 aliphatic carbocycles. The number of piperidine rings is 1. The van der Waals surface area contributed by atoms with E-state index in [0.29, 0.717) is 12.8 Å². The minimum Gasteiger partial charge on any atom is -0.317 e. The predicted molar refractivity (Wildman–Crippen MR) is 74.9 cm³/mol. The molecular weight excluding hydrogens is 335 g/mol. The molecule has 7 heteroatoms. The smallest absolute Gasteiger partial charge is 0.241 e. The zero-order chi connectivity index (χ0) is 14.1. The van der Waals surface area contributed by atoms with Crippen molar-refractivity contribution in [3.8, 4) is 0 Å². The van der Waals surface area contributed by atoms with Gasteiger partial charge in [0.15, 0.2) is 0 Å². The van der Waals surface area contributed by atoms with Crippen LogP contribution in [0.5, 0.6) is 0 Å². The molecule has 4 nitrogen and oxygen atoms in total. The van der Waals surface area contributed by atoms with E-state index in [9.17, 15) is 12.8 Å². The summed E-state index contributed by atoms with van der Waals surface area (Å²) in [5.74, 6) is -0.585. The van der Waals surface area contributed by atoms with Gasteiger partial charge in [-0.25, -0.2) is 17.5 Å². The maximum absolute atomic E-state index is 13.4. The van der Waals surface area contributed by atoms with Gasteiger partial charge in [-0.2, -0.15) is 0 Å². The second kappa shape index (κ2) is 5.47. The van der Waals surface area contributed by atoms with Crippen LogP contribution in [0.2, 0.25) is 0 Å². The molecule has 19 heavy (non-hydrogen) atoms. The van der Waals surface area contributed by atoms with Crippen molar-refractivity contribution in [1.82, 2.24) is 10.0 Å². The Morgan fingerprint density at radius 3 is 2.58 bits per heavy atom. The number of rotatable bonds is 3. The van der Waals surface area contributed by atoms with Crippen LogP contribution >= 0.6 is 15.9 Å². The maximum Gasteiger partial charge on any atom is 0.241 e. The molecule has 0 atom stereocenters. The number of halogens is 2. The monoisotopic (exact) mass is 350 g/mol. The van der Waals surface area contributed by atoms with E-state index in [1.807, 2.05) is 6.92 Å². The largest absolute Gasteiger partial charge is 0.317 e. The van der Waals surface area contributed by atoms with Crippen LogP contribution in [0.4, 0.5) is 4.39 Å². The first-order valence-electron chi connectivity index (χ1n) is 6.02. The van der Waals surface area contributed by atoms with E-state index in [1.54, 1.807) is 0 Å². The lowest BCUT2D eigenvalue weighted by Gasteiger charge is -2.34. The summed E-state index contributed by atoms with van der Waals surface area (Å²) in [6.07, 6.45) is 1.43.